The first kappa shape index (κ1) is 33.2. The molecule has 1 fully saturated rings. The quantitative estimate of drug-likeness (QED) is 0.0817. The minimum Gasteiger partial charge on any atom is -0.481 e. The van der Waals surface area contributed by atoms with E-state index in [2.05, 4.69) is 21.3 Å². The number of unbranched alkanes of at least 4 members (excludes halogenated alkanes) is 1. The third-order valence-corrected chi connectivity index (χ3v) is 6.06. The largest absolute Gasteiger partial charge is 0.481 e. The number of carbonyl (C=O) groups is 7. The van der Waals surface area contributed by atoms with E-state index in [1.165, 1.54) is 11.9 Å². The maximum Gasteiger partial charge on any atom is 0.305 e. The lowest BCUT2D eigenvalue weighted by molar-refractivity contribution is -0.143. The molecule has 39 heavy (non-hydrogen) atoms. The summed E-state index contributed by atoms with van der Waals surface area (Å²) in [6.45, 7) is -0.296. The van der Waals surface area contributed by atoms with E-state index in [-0.39, 0.29) is 18.9 Å². The molecule has 0 spiro atoms. The van der Waals surface area contributed by atoms with E-state index >= 15 is 0 Å². The molecule has 0 aromatic heterocycles. The summed E-state index contributed by atoms with van der Waals surface area (Å²) in [5.74, 6) is -6.54. The minimum absolute atomic E-state index is 0.144. The molecule has 5 amide bonds. The van der Waals surface area contributed by atoms with Gasteiger partial charge in [0.1, 0.15) is 24.2 Å². The van der Waals surface area contributed by atoms with Gasteiger partial charge >= 0.3 is 11.9 Å². The van der Waals surface area contributed by atoms with E-state index < -0.39 is 85.6 Å². The number of carboxylic acids is 2. The Morgan fingerprint density at radius 1 is 0.897 bits per heavy atom. The summed E-state index contributed by atoms with van der Waals surface area (Å²) < 4.78 is 0. The Kier molecular flexibility index (Phi) is 14.4. The lowest BCUT2D eigenvalue weighted by atomic mass is 10.1. The molecule has 16 nitrogen and oxygen atoms in total. The summed E-state index contributed by atoms with van der Waals surface area (Å²) in [6.07, 6.45) is 0.261. The highest BCUT2D eigenvalue weighted by Gasteiger charge is 2.38. The van der Waals surface area contributed by atoms with Crippen molar-refractivity contribution in [1.82, 2.24) is 26.2 Å². The highest BCUT2D eigenvalue weighted by Crippen LogP contribution is 2.20. The summed E-state index contributed by atoms with van der Waals surface area (Å²) in [4.78, 5) is 86.5. The highest BCUT2D eigenvalue weighted by atomic mass is 16.4. The molecule has 220 valence electrons. The van der Waals surface area contributed by atoms with Gasteiger partial charge in [0.25, 0.3) is 0 Å². The van der Waals surface area contributed by atoms with Gasteiger partial charge in [0.05, 0.1) is 19.4 Å². The second-order valence-electron chi connectivity index (χ2n) is 9.00. The maximum atomic E-state index is 13.3. The van der Waals surface area contributed by atoms with Gasteiger partial charge in [-0.25, -0.2) is 0 Å². The molecule has 0 radical (unpaired) electrons. The van der Waals surface area contributed by atoms with Crippen LogP contribution in [0.4, 0.5) is 0 Å². The van der Waals surface area contributed by atoms with Crippen molar-refractivity contribution in [1.29, 1.82) is 0 Å². The Hall–Kier alpha value is -3.79. The molecule has 0 aromatic rings. The normalized spacial score (nSPS) is 16.9. The van der Waals surface area contributed by atoms with Crippen LogP contribution in [0.1, 0.15) is 51.4 Å². The predicted octanol–water partition coefficient (Wildman–Crippen LogP) is -3.36. The van der Waals surface area contributed by atoms with Crippen molar-refractivity contribution in [2.45, 2.75) is 75.5 Å². The van der Waals surface area contributed by atoms with Crippen LogP contribution in [-0.2, 0) is 33.6 Å². The molecular weight excluding hydrogens is 520 g/mol. The Balaban J connectivity index is 3.03. The summed E-state index contributed by atoms with van der Waals surface area (Å²) in [5, 5.41) is 36.7. The molecular formula is C23H38N6O10. The SMILES string of the molecule is CNC(=O)[C@@H]1CCCN1C(=O)[C@H](CCCCN)NC(=O)[C@H](CC(=O)O)NC(=O)[C@H](CO)NC(=O)CCC(=O)O. The van der Waals surface area contributed by atoms with Gasteiger partial charge in [-0.1, -0.05) is 0 Å². The Bertz CT molecular complexity index is 914. The molecule has 0 bridgehead atoms. The molecule has 0 unspecified atom stereocenters. The number of likely N-dealkylation sites (tertiary alicyclic amines) is 1. The minimum atomic E-state index is -1.68. The van der Waals surface area contributed by atoms with Crippen LogP contribution in [0, 0.1) is 0 Å². The number of nitrogens with zero attached hydrogens (tertiary/aromatic N) is 1. The second-order valence-corrected chi connectivity index (χ2v) is 9.00. The van der Waals surface area contributed by atoms with Crippen molar-refractivity contribution >= 4 is 41.5 Å². The van der Waals surface area contributed by atoms with Crippen LogP contribution in [-0.4, -0.2) is 113 Å². The van der Waals surface area contributed by atoms with Gasteiger partial charge in [0, 0.05) is 20.0 Å². The maximum absolute atomic E-state index is 13.3. The van der Waals surface area contributed by atoms with E-state index in [0.29, 0.717) is 32.2 Å². The number of aliphatic hydroxyl groups is 1. The molecule has 9 N–H and O–H groups in total. The Morgan fingerprint density at radius 2 is 1.54 bits per heavy atom. The predicted molar refractivity (Wildman–Crippen MR) is 134 cm³/mol. The third kappa shape index (κ3) is 11.2. The van der Waals surface area contributed by atoms with Crippen molar-refractivity contribution in [3.8, 4) is 0 Å². The molecule has 0 aromatic carbocycles. The van der Waals surface area contributed by atoms with Crippen molar-refractivity contribution in [2.24, 2.45) is 5.73 Å². The number of carboxylic acid groups (broad SMARTS) is 2. The van der Waals surface area contributed by atoms with Crippen molar-refractivity contribution in [3.05, 3.63) is 0 Å². The van der Waals surface area contributed by atoms with E-state index in [1.807, 2.05) is 0 Å². The molecule has 1 heterocycles. The molecule has 0 saturated carbocycles. The van der Waals surface area contributed by atoms with Crippen LogP contribution in [0.3, 0.4) is 0 Å². The molecule has 4 atom stereocenters. The van der Waals surface area contributed by atoms with Crippen molar-refractivity contribution in [2.75, 3.05) is 26.7 Å². The van der Waals surface area contributed by atoms with Crippen LogP contribution in [0.25, 0.3) is 0 Å². The average molecular weight is 559 g/mol. The zero-order chi connectivity index (χ0) is 29.5. The number of hydrogen-bond donors (Lipinski definition) is 8. The van der Waals surface area contributed by atoms with Gasteiger partial charge in [-0.3, -0.25) is 33.6 Å². The first-order valence-corrected chi connectivity index (χ1v) is 12.6. The number of likely N-dealkylation sites (N-methyl/N-ethyl adjacent to an activating group) is 1. The monoisotopic (exact) mass is 558 g/mol. The van der Waals surface area contributed by atoms with Gasteiger partial charge < -0.3 is 47.2 Å². The first-order chi connectivity index (χ1) is 18.4. The van der Waals surface area contributed by atoms with Crippen LogP contribution < -0.4 is 27.0 Å². The standard InChI is InChI=1S/C23H38N6O10/c1-25-22(38)16-6-4-10-29(16)23(39)13(5-2-3-9-24)27-20(36)14(11-19(34)35)28-21(37)15(12-30)26-17(31)7-8-18(32)33/h13-16,30H,2-12,24H2,1H3,(H,25,38)(H,26,31)(H,27,36)(H,28,37)(H,32,33)(H,34,35)/t13-,14-,15-,16-/m0/s1. The van der Waals surface area contributed by atoms with Gasteiger partial charge in [-0.2, -0.15) is 0 Å². The van der Waals surface area contributed by atoms with E-state index in [0.717, 1.165) is 0 Å². The second kappa shape index (κ2) is 16.9. The number of hydrogen-bond acceptors (Lipinski definition) is 9. The molecule has 16 heteroatoms. The summed E-state index contributed by atoms with van der Waals surface area (Å²) in [7, 11) is 1.44. The topological polar surface area (TPSA) is 258 Å². The molecule has 1 aliphatic rings. The van der Waals surface area contributed by atoms with E-state index in [4.69, 9.17) is 10.8 Å². The summed E-state index contributed by atoms with van der Waals surface area (Å²) in [5.41, 5.74) is 5.53. The van der Waals surface area contributed by atoms with Crippen LogP contribution in [0.15, 0.2) is 0 Å². The molecule has 1 aliphatic heterocycles. The number of aliphatic carboxylic acids is 2. The number of carbonyl (C=O) groups excluding carboxylic acids is 5. The molecule has 0 aliphatic carbocycles. The fourth-order valence-electron chi connectivity index (χ4n) is 4.03. The van der Waals surface area contributed by atoms with Gasteiger partial charge in [0.2, 0.25) is 29.5 Å². The van der Waals surface area contributed by atoms with Crippen molar-refractivity contribution < 1.29 is 48.9 Å². The average Bonchev–Trinajstić information content (AvgIpc) is 3.38. The van der Waals surface area contributed by atoms with E-state index in [1.54, 1.807) is 0 Å². The van der Waals surface area contributed by atoms with Crippen molar-refractivity contribution in [3.63, 3.8) is 0 Å². The number of aliphatic hydroxyl groups excluding tert-OH is 1. The van der Waals surface area contributed by atoms with Crippen LogP contribution in [0.2, 0.25) is 0 Å². The van der Waals surface area contributed by atoms with Crippen LogP contribution >= 0.6 is 0 Å². The summed E-state index contributed by atoms with van der Waals surface area (Å²) in [6, 6.07) is -5.12. The highest BCUT2D eigenvalue weighted by molar-refractivity contribution is 5.97. The fourth-order valence-corrected chi connectivity index (χ4v) is 4.03. The fraction of sp³-hybridized carbons (Fsp3) is 0.696. The lowest BCUT2D eigenvalue weighted by Crippen LogP contribution is -2.59. The number of rotatable bonds is 17. The number of nitrogens with two attached hydrogens (primary N) is 1. The third-order valence-electron chi connectivity index (χ3n) is 6.06. The smallest absolute Gasteiger partial charge is 0.305 e. The van der Waals surface area contributed by atoms with Gasteiger partial charge in [0.15, 0.2) is 0 Å². The van der Waals surface area contributed by atoms with Crippen LogP contribution in [0.5, 0.6) is 0 Å². The van der Waals surface area contributed by atoms with Gasteiger partial charge in [-0.05, 0) is 38.6 Å². The zero-order valence-corrected chi connectivity index (χ0v) is 21.8. The Labute approximate surface area is 225 Å². The Morgan fingerprint density at radius 3 is 2.10 bits per heavy atom. The lowest BCUT2D eigenvalue weighted by Gasteiger charge is -2.29. The number of nitrogens with one attached hydrogen (secondary N) is 4. The summed E-state index contributed by atoms with van der Waals surface area (Å²) >= 11 is 0. The number of amides is 5. The van der Waals surface area contributed by atoms with E-state index in [9.17, 15) is 43.8 Å². The molecule has 1 rings (SSSR count). The molecule has 1 saturated heterocycles. The van der Waals surface area contributed by atoms with Gasteiger partial charge in [-0.15, -0.1) is 0 Å². The zero-order valence-electron chi connectivity index (χ0n) is 21.8. The first-order valence-electron chi connectivity index (χ1n) is 12.6.